The number of hydrogen-bond acceptors (Lipinski definition) is 2. The Morgan fingerprint density at radius 1 is 1.12 bits per heavy atom. The fourth-order valence-electron chi connectivity index (χ4n) is 2.80. The van der Waals surface area contributed by atoms with Crippen LogP contribution >= 0.6 is 11.6 Å². The third kappa shape index (κ3) is 6.18. The molecule has 2 rings (SSSR count). The van der Waals surface area contributed by atoms with Gasteiger partial charge in [0.2, 0.25) is 5.91 Å². The Hall–Kier alpha value is -1.84. The normalized spacial score (nSPS) is 10.9. The van der Waals surface area contributed by atoms with E-state index in [1.807, 2.05) is 37.3 Å². The van der Waals surface area contributed by atoms with Crippen molar-refractivity contribution in [1.82, 2.24) is 5.32 Å². The van der Waals surface area contributed by atoms with E-state index in [0.29, 0.717) is 18.9 Å². The third-order valence-electron chi connectivity index (χ3n) is 4.20. The average molecular weight is 359 g/mol. The topological polar surface area (TPSA) is 41.1 Å². The number of anilines is 1. The van der Waals surface area contributed by atoms with Crippen LogP contribution < -0.4 is 10.6 Å². The molecule has 0 atom stereocenters. The van der Waals surface area contributed by atoms with E-state index in [2.05, 4.69) is 36.6 Å². The summed E-state index contributed by atoms with van der Waals surface area (Å²) < 4.78 is 0. The van der Waals surface area contributed by atoms with Gasteiger partial charge in [0.05, 0.1) is 0 Å². The SMILES string of the molecule is Cc1cccc(C(C)C)c1NC(=O)CCNCCc1cccc(Cl)c1. The zero-order chi connectivity index (χ0) is 18.2. The Morgan fingerprint density at radius 3 is 2.60 bits per heavy atom. The average Bonchev–Trinajstić information content (AvgIpc) is 2.56. The molecule has 0 aromatic heterocycles. The minimum atomic E-state index is 0.0476. The fourth-order valence-corrected chi connectivity index (χ4v) is 3.01. The number of para-hydroxylation sites is 1. The molecule has 2 N–H and O–H groups in total. The zero-order valence-corrected chi connectivity index (χ0v) is 16.0. The first-order chi connectivity index (χ1) is 12.0. The maximum absolute atomic E-state index is 12.2. The van der Waals surface area contributed by atoms with Gasteiger partial charge in [-0.15, -0.1) is 0 Å². The summed E-state index contributed by atoms with van der Waals surface area (Å²) in [6, 6.07) is 14.0. The van der Waals surface area contributed by atoms with Crippen molar-refractivity contribution >= 4 is 23.2 Å². The van der Waals surface area contributed by atoms with Gasteiger partial charge in [0.1, 0.15) is 0 Å². The lowest BCUT2D eigenvalue weighted by Crippen LogP contribution is -2.24. The van der Waals surface area contributed by atoms with Crippen LogP contribution in [0, 0.1) is 6.92 Å². The van der Waals surface area contributed by atoms with Gasteiger partial charge in [0, 0.05) is 23.7 Å². The highest BCUT2D eigenvalue weighted by molar-refractivity contribution is 6.30. The van der Waals surface area contributed by atoms with E-state index >= 15 is 0 Å². The molecule has 2 aromatic carbocycles. The van der Waals surface area contributed by atoms with Gasteiger partial charge < -0.3 is 10.6 Å². The Balaban J connectivity index is 1.76. The number of benzene rings is 2. The summed E-state index contributed by atoms with van der Waals surface area (Å²) in [6.07, 6.45) is 1.36. The third-order valence-corrected chi connectivity index (χ3v) is 4.43. The van der Waals surface area contributed by atoms with Gasteiger partial charge in [-0.25, -0.2) is 0 Å². The van der Waals surface area contributed by atoms with Crippen LogP contribution in [0.25, 0.3) is 0 Å². The molecule has 0 heterocycles. The highest BCUT2D eigenvalue weighted by Gasteiger charge is 2.11. The second-order valence-corrected chi connectivity index (χ2v) is 7.06. The first-order valence-electron chi connectivity index (χ1n) is 8.82. The first kappa shape index (κ1) is 19.5. The van der Waals surface area contributed by atoms with Crippen molar-refractivity contribution in [3.63, 3.8) is 0 Å². The summed E-state index contributed by atoms with van der Waals surface area (Å²) in [5.74, 6) is 0.428. The molecule has 0 unspecified atom stereocenters. The van der Waals surface area contributed by atoms with Gasteiger partial charge in [-0.3, -0.25) is 4.79 Å². The van der Waals surface area contributed by atoms with Crippen LogP contribution in [0.1, 0.15) is 42.9 Å². The van der Waals surface area contributed by atoms with Gasteiger partial charge in [0.25, 0.3) is 0 Å². The molecule has 0 aliphatic heterocycles. The molecule has 0 fully saturated rings. The lowest BCUT2D eigenvalue weighted by Gasteiger charge is -2.16. The fraction of sp³-hybridized carbons (Fsp3) is 0.381. The van der Waals surface area contributed by atoms with E-state index in [4.69, 9.17) is 11.6 Å². The highest BCUT2D eigenvalue weighted by atomic mass is 35.5. The van der Waals surface area contributed by atoms with Crippen LogP contribution in [0.5, 0.6) is 0 Å². The van der Waals surface area contributed by atoms with Crippen LogP contribution in [0.2, 0.25) is 5.02 Å². The highest BCUT2D eigenvalue weighted by Crippen LogP contribution is 2.27. The molecule has 0 saturated carbocycles. The van der Waals surface area contributed by atoms with E-state index < -0.39 is 0 Å². The lowest BCUT2D eigenvalue weighted by molar-refractivity contribution is -0.116. The summed E-state index contributed by atoms with van der Waals surface area (Å²) in [6.45, 7) is 7.80. The summed E-state index contributed by atoms with van der Waals surface area (Å²) in [7, 11) is 0. The van der Waals surface area contributed by atoms with Crippen molar-refractivity contribution in [2.24, 2.45) is 0 Å². The second kappa shape index (κ2) is 9.59. The molecule has 0 radical (unpaired) electrons. The Labute approximate surface area is 155 Å². The number of hydrogen-bond donors (Lipinski definition) is 2. The smallest absolute Gasteiger partial charge is 0.225 e. The Morgan fingerprint density at radius 2 is 1.88 bits per heavy atom. The van der Waals surface area contributed by atoms with Crippen molar-refractivity contribution < 1.29 is 4.79 Å². The summed E-state index contributed by atoms with van der Waals surface area (Å²) >= 11 is 5.98. The van der Waals surface area contributed by atoms with Crippen LogP contribution in [-0.4, -0.2) is 19.0 Å². The van der Waals surface area contributed by atoms with Gasteiger partial charge >= 0.3 is 0 Å². The molecular formula is C21H27ClN2O. The predicted octanol–water partition coefficient (Wildman–Crippen LogP) is 4.93. The van der Waals surface area contributed by atoms with Crippen molar-refractivity contribution in [3.8, 4) is 0 Å². The minimum Gasteiger partial charge on any atom is -0.326 e. The summed E-state index contributed by atoms with van der Waals surface area (Å²) in [5, 5.41) is 7.16. The largest absolute Gasteiger partial charge is 0.326 e. The lowest BCUT2D eigenvalue weighted by atomic mass is 9.98. The van der Waals surface area contributed by atoms with E-state index in [1.165, 1.54) is 11.1 Å². The molecule has 0 bridgehead atoms. The molecule has 1 amide bonds. The Bertz CT molecular complexity index is 713. The monoisotopic (exact) mass is 358 g/mol. The second-order valence-electron chi connectivity index (χ2n) is 6.62. The molecule has 0 spiro atoms. The molecular weight excluding hydrogens is 332 g/mol. The quantitative estimate of drug-likeness (QED) is 0.657. The summed E-state index contributed by atoms with van der Waals surface area (Å²) in [4.78, 5) is 12.2. The van der Waals surface area contributed by atoms with E-state index in [1.54, 1.807) is 0 Å². The first-order valence-corrected chi connectivity index (χ1v) is 9.19. The van der Waals surface area contributed by atoms with Crippen molar-refractivity contribution in [2.45, 2.75) is 39.5 Å². The Kier molecular flexibility index (Phi) is 7.48. The van der Waals surface area contributed by atoms with Gasteiger partial charge in [-0.2, -0.15) is 0 Å². The van der Waals surface area contributed by atoms with Gasteiger partial charge in [-0.05, 0) is 54.6 Å². The van der Waals surface area contributed by atoms with E-state index in [0.717, 1.165) is 29.2 Å². The van der Waals surface area contributed by atoms with Crippen LogP contribution in [-0.2, 0) is 11.2 Å². The number of rotatable bonds is 8. The molecule has 25 heavy (non-hydrogen) atoms. The molecule has 0 aliphatic rings. The maximum Gasteiger partial charge on any atom is 0.225 e. The van der Waals surface area contributed by atoms with Gasteiger partial charge in [-0.1, -0.05) is 55.8 Å². The molecule has 0 aliphatic carbocycles. The predicted molar refractivity (Wildman–Crippen MR) is 107 cm³/mol. The number of aryl methyl sites for hydroxylation is 1. The molecule has 2 aromatic rings. The van der Waals surface area contributed by atoms with Crippen LogP contribution in [0.3, 0.4) is 0 Å². The van der Waals surface area contributed by atoms with Crippen LogP contribution in [0.4, 0.5) is 5.69 Å². The molecule has 4 heteroatoms. The summed E-state index contributed by atoms with van der Waals surface area (Å²) in [5.41, 5.74) is 4.45. The van der Waals surface area contributed by atoms with E-state index in [-0.39, 0.29) is 5.91 Å². The maximum atomic E-state index is 12.2. The van der Waals surface area contributed by atoms with E-state index in [9.17, 15) is 4.79 Å². The van der Waals surface area contributed by atoms with Gasteiger partial charge in [0.15, 0.2) is 0 Å². The molecule has 134 valence electrons. The minimum absolute atomic E-state index is 0.0476. The van der Waals surface area contributed by atoms with Crippen LogP contribution in [0.15, 0.2) is 42.5 Å². The number of halogens is 1. The number of amides is 1. The van der Waals surface area contributed by atoms with Crippen molar-refractivity contribution in [3.05, 3.63) is 64.2 Å². The zero-order valence-electron chi connectivity index (χ0n) is 15.2. The number of carbonyl (C=O) groups excluding carboxylic acids is 1. The number of carbonyl (C=O) groups is 1. The van der Waals surface area contributed by atoms with Crippen molar-refractivity contribution in [1.29, 1.82) is 0 Å². The van der Waals surface area contributed by atoms with Crippen molar-refractivity contribution in [2.75, 3.05) is 18.4 Å². The molecule has 3 nitrogen and oxygen atoms in total. The standard InChI is InChI=1S/C21H27ClN2O/c1-15(2)19-9-4-6-16(3)21(19)24-20(25)11-13-23-12-10-17-7-5-8-18(22)14-17/h4-9,14-15,23H,10-13H2,1-3H3,(H,24,25). The molecule has 0 saturated heterocycles. The number of nitrogens with one attached hydrogen (secondary N) is 2.